The number of benzene rings is 1. The highest BCUT2D eigenvalue weighted by Gasteiger charge is 2.35. The van der Waals surface area contributed by atoms with Crippen LogP contribution >= 0.6 is 0 Å². The van der Waals surface area contributed by atoms with Gasteiger partial charge >= 0.3 is 0 Å². The Bertz CT molecular complexity index is 745. The van der Waals surface area contributed by atoms with Crippen molar-refractivity contribution in [1.29, 1.82) is 0 Å². The topological polar surface area (TPSA) is 88.2 Å². The van der Waals surface area contributed by atoms with E-state index >= 15 is 0 Å². The summed E-state index contributed by atoms with van der Waals surface area (Å²) >= 11 is 0. The van der Waals surface area contributed by atoms with Crippen molar-refractivity contribution in [2.45, 2.75) is 23.8 Å². The molecule has 1 aromatic rings. The van der Waals surface area contributed by atoms with Crippen molar-refractivity contribution >= 4 is 15.9 Å². The van der Waals surface area contributed by atoms with E-state index in [0.717, 1.165) is 19.4 Å². The zero-order chi connectivity index (χ0) is 18.7. The van der Waals surface area contributed by atoms with Crippen LogP contribution < -0.4 is 14.8 Å². The van der Waals surface area contributed by atoms with E-state index in [1.165, 1.54) is 30.7 Å². The average Bonchev–Trinajstić information content (AvgIpc) is 2.68. The van der Waals surface area contributed by atoms with Crippen molar-refractivity contribution in [2.24, 2.45) is 0 Å². The van der Waals surface area contributed by atoms with Gasteiger partial charge in [-0.05, 0) is 12.8 Å². The van der Waals surface area contributed by atoms with E-state index in [-0.39, 0.29) is 16.8 Å². The first-order valence-electron chi connectivity index (χ1n) is 8.69. The number of hydrogen-bond donors (Lipinski definition) is 1. The molecule has 1 aromatic carbocycles. The Kier molecular flexibility index (Phi) is 5.69. The Labute approximate surface area is 154 Å². The summed E-state index contributed by atoms with van der Waals surface area (Å²) in [5.74, 6) is 0.881. The Hall–Kier alpha value is -1.84. The summed E-state index contributed by atoms with van der Waals surface area (Å²) in [4.78, 5) is 14.1. The fourth-order valence-electron chi connectivity index (χ4n) is 3.48. The van der Waals surface area contributed by atoms with Gasteiger partial charge in [-0.1, -0.05) is 0 Å². The molecule has 0 bridgehead atoms. The Morgan fingerprint density at radius 1 is 1.12 bits per heavy atom. The molecule has 2 saturated heterocycles. The van der Waals surface area contributed by atoms with Crippen molar-refractivity contribution in [2.75, 3.05) is 46.9 Å². The number of carbonyl (C=O) groups excluding carboxylic acids is 1. The van der Waals surface area contributed by atoms with Gasteiger partial charge in [0.2, 0.25) is 15.9 Å². The molecule has 0 spiro atoms. The van der Waals surface area contributed by atoms with Crippen LogP contribution in [0.15, 0.2) is 23.1 Å². The molecule has 144 valence electrons. The number of ether oxygens (including phenoxy) is 2. The molecule has 9 heteroatoms. The molecule has 0 aliphatic carbocycles. The van der Waals surface area contributed by atoms with E-state index in [2.05, 4.69) is 5.32 Å². The predicted octanol–water partition coefficient (Wildman–Crippen LogP) is 0.289. The van der Waals surface area contributed by atoms with Crippen LogP contribution in [0.25, 0.3) is 0 Å². The first-order valence-corrected chi connectivity index (χ1v) is 10.1. The SMILES string of the molecule is COc1cc(OC)cc(S(=O)(=O)N2CCCC(N3CCNCC3=O)C2)c1. The number of carbonyl (C=O) groups is 1. The van der Waals surface area contributed by atoms with E-state index in [4.69, 9.17) is 9.47 Å². The van der Waals surface area contributed by atoms with Gasteiger partial charge in [-0.3, -0.25) is 4.79 Å². The normalized spacial score (nSPS) is 22.3. The summed E-state index contributed by atoms with van der Waals surface area (Å²) in [7, 11) is -0.728. The minimum absolute atomic E-state index is 0.0311. The number of piperazine rings is 1. The Morgan fingerprint density at radius 3 is 2.42 bits per heavy atom. The van der Waals surface area contributed by atoms with Gasteiger partial charge < -0.3 is 19.7 Å². The molecule has 1 N–H and O–H groups in total. The number of methoxy groups -OCH3 is 2. The number of rotatable bonds is 5. The molecule has 2 aliphatic heterocycles. The molecule has 0 saturated carbocycles. The van der Waals surface area contributed by atoms with Crippen molar-refractivity contribution in [3.8, 4) is 11.5 Å². The van der Waals surface area contributed by atoms with Crippen LogP contribution in [-0.4, -0.2) is 76.5 Å². The number of piperidine rings is 1. The van der Waals surface area contributed by atoms with Crippen molar-refractivity contribution in [3.63, 3.8) is 0 Å². The average molecular weight is 383 g/mol. The van der Waals surface area contributed by atoms with Crippen molar-refractivity contribution < 1.29 is 22.7 Å². The van der Waals surface area contributed by atoms with Crippen LogP contribution in [0, 0.1) is 0 Å². The number of nitrogens with one attached hydrogen (secondary N) is 1. The highest BCUT2D eigenvalue weighted by molar-refractivity contribution is 7.89. The third kappa shape index (κ3) is 3.79. The number of nitrogens with zero attached hydrogens (tertiary/aromatic N) is 2. The second-order valence-corrected chi connectivity index (χ2v) is 8.41. The maximum atomic E-state index is 13.1. The lowest BCUT2D eigenvalue weighted by atomic mass is 10.1. The maximum Gasteiger partial charge on any atom is 0.243 e. The van der Waals surface area contributed by atoms with Crippen LogP contribution in [0.4, 0.5) is 0 Å². The molecular formula is C17H25N3O5S. The fourth-order valence-corrected chi connectivity index (χ4v) is 5.05. The number of amides is 1. The molecule has 1 atom stereocenters. The summed E-state index contributed by atoms with van der Waals surface area (Å²) in [5, 5.41) is 3.05. The van der Waals surface area contributed by atoms with Gasteiger partial charge in [-0.15, -0.1) is 0 Å². The van der Waals surface area contributed by atoms with Crippen LogP contribution in [0.5, 0.6) is 11.5 Å². The molecule has 0 aromatic heterocycles. The molecule has 3 rings (SSSR count). The maximum absolute atomic E-state index is 13.1. The first kappa shape index (κ1) is 18.9. The third-order valence-electron chi connectivity index (χ3n) is 4.89. The van der Waals surface area contributed by atoms with Gasteiger partial charge in [-0.2, -0.15) is 4.31 Å². The smallest absolute Gasteiger partial charge is 0.243 e. The van der Waals surface area contributed by atoms with E-state index < -0.39 is 10.0 Å². The molecule has 1 amide bonds. The third-order valence-corrected chi connectivity index (χ3v) is 6.73. The highest BCUT2D eigenvalue weighted by Crippen LogP contribution is 2.29. The fraction of sp³-hybridized carbons (Fsp3) is 0.588. The molecule has 26 heavy (non-hydrogen) atoms. The van der Waals surface area contributed by atoms with Crippen LogP contribution in [0.3, 0.4) is 0 Å². The molecule has 1 unspecified atom stereocenters. The zero-order valence-electron chi connectivity index (χ0n) is 15.1. The largest absolute Gasteiger partial charge is 0.497 e. The second-order valence-electron chi connectivity index (χ2n) is 6.47. The minimum atomic E-state index is -3.70. The zero-order valence-corrected chi connectivity index (χ0v) is 15.9. The highest BCUT2D eigenvalue weighted by atomic mass is 32.2. The number of hydrogen-bond acceptors (Lipinski definition) is 6. The van der Waals surface area contributed by atoms with Gasteiger partial charge in [0.05, 0.1) is 25.7 Å². The molecule has 2 heterocycles. The lowest BCUT2D eigenvalue weighted by Gasteiger charge is -2.40. The van der Waals surface area contributed by atoms with Gasteiger partial charge in [0.25, 0.3) is 0 Å². The van der Waals surface area contributed by atoms with Gasteiger partial charge in [0.15, 0.2) is 0 Å². The Balaban J connectivity index is 1.84. The van der Waals surface area contributed by atoms with Crippen molar-refractivity contribution in [3.05, 3.63) is 18.2 Å². The summed E-state index contributed by atoms with van der Waals surface area (Å²) in [5.41, 5.74) is 0. The monoisotopic (exact) mass is 383 g/mol. The lowest BCUT2D eigenvalue weighted by molar-refractivity contribution is -0.135. The van der Waals surface area contributed by atoms with Gasteiger partial charge in [-0.25, -0.2) is 8.42 Å². The molecule has 8 nitrogen and oxygen atoms in total. The quantitative estimate of drug-likeness (QED) is 0.786. The van der Waals surface area contributed by atoms with Crippen LogP contribution in [0.1, 0.15) is 12.8 Å². The molecule has 0 radical (unpaired) electrons. The second kappa shape index (κ2) is 7.81. The van der Waals surface area contributed by atoms with E-state index in [1.54, 1.807) is 6.07 Å². The van der Waals surface area contributed by atoms with E-state index in [9.17, 15) is 13.2 Å². The van der Waals surface area contributed by atoms with E-state index in [0.29, 0.717) is 37.7 Å². The van der Waals surface area contributed by atoms with Crippen LogP contribution in [-0.2, 0) is 14.8 Å². The standard InChI is InChI=1S/C17H25N3O5S/c1-24-14-8-15(25-2)10-16(9-14)26(22,23)19-6-3-4-13(12-19)20-7-5-18-11-17(20)21/h8-10,13,18H,3-7,11-12H2,1-2H3. The van der Waals surface area contributed by atoms with Gasteiger partial charge in [0, 0.05) is 50.4 Å². The summed E-state index contributed by atoms with van der Waals surface area (Å²) < 4.78 is 38.1. The van der Waals surface area contributed by atoms with Crippen molar-refractivity contribution in [1.82, 2.24) is 14.5 Å². The lowest BCUT2D eigenvalue weighted by Crippen LogP contribution is -2.57. The molecule has 2 fully saturated rings. The Morgan fingerprint density at radius 2 is 1.81 bits per heavy atom. The van der Waals surface area contributed by atoms with Gasteiger partial charge in [0.1, 0.15) is 11.5 Å². The molecule has 2 aliphatic rings. The predicted molar refractivity (Wildman–Crippen MR) is 95.9 cm³/mol. The number of sulfonamides is 1. The summed E-state index contributed by atoms with van der Waals surface area (Å²) in [6.07, 6.45) is 1.54. The van der Waals surface area contributed by atoms with E-state index in [1.807, 2.05) is 4.90 Å². The first-order chi connectivity index (χ1) is 12.5. The minimum Gasteiger partial charge on any atom is -0.497 e. The molecular weight excluding hydrogens is 358 g/mol. The summed E-state index contributed by atoms with van der Waals surface area (Å²) in [6, 6.07) is 4.55. The summed E-state index contributed by atoms with van der Waals surface area (Å²) in [6.45, 7) is 2.43. The van der Waals surface area contributed by atoms with Crippen LogP contribution in [0.2, 0.25) is 0 Å².